The summed E-state index contributed by atoms with van der Waals surface area (Å²) in [4.78, 5) is 26.5. The number of epoxide rings is 1. The van der Waals surface area contributed by atoms with Crippen LogP contribution in [0, 0.1) is 34.5 Å². The maximum absolute atomic E-state index is 13.3. The van der Waals surface area contributed by atoms with E-state index in [9.17, 15) is 24.9 Å². The van der Waals surface area contributed by atoms with Crippen LogP contribution in [-0.4, -0.2) is 64.2 Å². The highest BCUT2D eigenvalue weighted by molar-refractivity contribution is 5.93. The van der Waals surface area contributed by atoms with Crippen LogP contribution in [0.5, 0.6) is 0 Å². The Morgan fingerprint density at radius 1 is 1.21 bits per heavy atom. The molecule has 3 N–H and O–H groups in total. The zero-order valence-corrected chi connectivity index (χ0v) is 17.7. The molecule has 7 heteroatoms. The fourth-order valence-corrected chi connectivity index (χ4v) is 7.20. The molecule has 162 valence electrons. The summed E-state index contributed by atoms with van der Waals surface area (Å²) in [6, 6.07) is 0. The maximum atomic E-state index is 13.3. The van der Waals surface area contributed by atoms with Gasteiger partial charge in [-0.25, -0.2) is 0 Å². The second kappa shape index (κ2) is 6.20. The van der Waals surface area contributed by atoms with Crippen molar-refractivity contribution in [1.29, 1.82) is 0 Å². The third kappa shape index (κ3) is 2.26. The van der Waals surface area contributed by atoms with Gasteiger partial charge in [0.05, 0.1) is 12.2 Å². The zero-order chi connectivity index (χ0) is 21.7. The van der Waals surface area contributed by atoms with Crippen LogP contribution in [0.25, 0.3) is 0 Å². The van der Waals surface area contributed by atoms with Gasteiger partial charge in [-0.3, -0.25) is 9.59 Å². The second-order valence-corrected chi connectivity index (χ2v) is 10.1. The molecule has 3 aliphatic carbocycles. The van der Waals surface area contributed by atoms with Crippen molar-refractivity contribution >= 4 is 11.6 Å². The number of aliphatic hydroxyl groups is 3. The zero-order valence-electron chi connectivity index (χ0n) is 17.7. The molecular weight excluding hydrogens is 376 g/mol. The number of methoxy groups -OCH3 is 1. The van der Waals surface area contributed by atoms with E-state index in [0.717, 1.165) is 0 Å². The van der Waals surface area contributed by atoms with E-state index in [1.54, 1.807) is 6.92 Å². The van der Waals surface area contributed by atoms with Gasteiger partial charge in [-0.15, -0.1) is 0 Å². The van der Waals surface area contributed by atoms with Gasteiger partial charge < -0.3 is 24.8 Å². The molecule has 0 amide bonds. The van der Waals surface area contributed by atoms with Crippen LogP contribution >= 0.6 is 0 Å². The number of rotatable bonds is 3. The molecule has 29 heavy (non-hydrogen) atoms. The summed E-state index contributed by atoms with van der Waals surface area (Å²) >= 11 is 0. The minimum absolute atomic E-state index is 0.145. The van der Waals surface area contributed by atoms with Crippen LogP contribution in [0.3, 0.4) is 0 Å². The van der Waals surface area contributed by atoms with Crippen molar-refractivity contribution in [3.63, 3.8) is 0 Å². The minimum Gasteiger partial charge on any atom is -0.391 e. The summed E-state index contributed by atoms with van der Waals surface area (Å²) in [5.74, 6) is -5.45. The van der Waals surface area contributed by atoms with Gasteiger partial charge in [0.1, 0.15) is 23.4 Å². The van der Waals surface area contributed by atoms with Crippen molar-refractivity contribution in [2.24, 2.45) is 34.5 Å². The van der Waals surface area contributed by atoms with Crippen LogP contribution in [0.4, 0.5) is 0 Å². The lowest BCUT2D eigenvalue weighted by Crippen LogP contribution is -2.79. The largest absolute Gasteiger partial charge is 0.391 e. The van der Waals surface area contributed by atoms with E-state index in [4.69, 9.17) is 9.47 Å². The first-order chi connectivity index (χ1) is 13.4. The maximum Gasteiger partial charge on any atom is 0.207 e. The Kier molecular flexibility index (Phi) is 4.52. The molecule has 7 nitrogen and oxygen atoms in total. The molecule has 1 heterocycles. The van der Waals surface area contributed by atoms with Crippen molar-refractivity contribution in [3.05, 3.63) is 12.2 Å². The Balaban J connectivity index is 1.96. The molecule has 10 atom stereocenters. The number of hydrogen-bond acceptors (Lipinski definition) is 7. The Morgan fingerprint density at radius 3 is 2.34 bits per heavy atom. The van der Waals surface area contributed by atoms with Gasteiger partial charge >= 0.3 is 0 Å². The number of hydrogen-bond donors (Lipinski definition) is 3. The lowest BCUT2D eigenvalue weighted by Gasteiger charge is -2.66. The standard InChI is InChI=1S/C22H32O7/c1-9(2)11-7-8-12-13-14(20(4,5)19-16(29-19)15(13)24)18(26)22(27,28-6)21(12,10(3)23)17(11)25/h11-14,16-19,25-27H,1,7-8H2,2-6H3/t11-,12-,13?,14+,16?,17+,18-,19?,21+,22?/m0/s1. The van der Waals surface area contributed by atoms with Crippen molar-refractivity contribution in [2.45, 2.75) is 70.7 Å². The number of carbonyl (C=O) groups excluding carboxylic acids is 2. The molecule has 0 radical (unpaired) electrons. The predicted octanol–water partition coefficient (Wildman–Crippen LogP) is 0.843. The van der Waals surface area contributed by atoms with Gasteiger partial charge in [0.15, 0.2) is 5.78 Å². The van der Waals surface area contributed by atoms with Crippen LogP contribution in [0.2, 0.25) is 0 Å². The topological polar surface area (TPSA) is 117 Å². The third-order valence-electron chi connectivity index (χ3n) is 8.60. The highest BCUT2D eigenvalue weighted by atomic mass is 16.6. The van der Waals surface area contributed by atoms with E-state index in [-0.39, 0.29) is 11.9 Å². The molecule has 1 aliphatic heterocycles. The number of carbonyl (C=O) groups is 2. The number of ketones is 2. The van der Waals surface area contributed by atoms with Gasteiger partial charge in [0, 0.05) is 30.3 Å². The lowest BCUT2D eigenvalue weighted by atomic mass is 9.41. The molecule has 0 spiro atoms. The Morgan fingerprint density at radius 2 is 1.83 bits per heavy atom. The first-order valence-electron chi connectivity index (χ1n) is 10.4. The van der Waals surface area contributed by atoms with E-state index in [1.165, 1.54) is 14.0 Å². The highest BCUT2D eigenvalue weighted by Crippen LogP contribution is 2.68. The fourth-order valence-electron chi connectivity index (χ4n) is 7.20. The first kappa shape index (κ1) is 21.1. The SMILES string of the molecule is C=C(C)[C@@H]1CC[C@H]2C3C(=O)C4OC4C(C)(C)[C@H]3[C@H](O)C(O)(OC)[C@@]2(C(C)=O)[C@@H]1O. The molecule has 0 bridgehead atoms. The van der Waals surface area contributed by atoms with Gasteiger partial charge in [0.25, 0.3) is 0 Å². The number of Topliss-reactive ketones (excluding diaryl/α,β-unsaturated/α-hetero) is 2. The van der Waals surface area contributed by atoms with Crippen molar-refractivity contribution in [3.8, 4) is 0 Å². The number of fused-ring (bicyclic) bond motifs is 4. The molecule has 3 saturated carbocycles. The molecule has 4 rings (SSSR count). The van der Waals surface area contributed by atoms with E-state index in [1.807, 2.05) is 13.8 Å². The summed E-state index contributed by atoms with van der Waals surface area (Å²) in [7, 11) is 1.23. The van der Waals surface area contributed by atoms with Crippen molar-refractivity contribution in [1.82, 2.24) is 0 Å². The number of ether oxygens (including phenoxy) is 2. The smallest absolute Gasteiger partial charge is 0.207 e. The van der Waals surface area contributed by atoms with Gasteiger partial charge in [-0.2, -0.15) is 0 Å². The average molecular weight is 408 g/mol. The first-order valence-corrected chi connectivity index (χ1v) is 10.4. The van der Waals surface area contributed by atoms with E-state index < -0.39 is 64.4 Å². The second-order valence-electron chi connectivity index (χ2n) is 10.1. The average Bonchev–Trinajstić information content (AvgIpc) is 3.44. The van der Waals surface area contributed by atoms with E-state index >= 15 is 0 Å². The lowest BCUT2D eigenvalue weighted by molar-refractivity contribution is -0.374. The molecule has 1 saturated heterocycles. The van der Waals surface area contributed by atoms with Crippen molar-refractivity contribution in [2.75, 3.05) is 7.11 Å². The fraction of sp³-hybridized carbons (Fsp3) is 0.818. The summed E-state index contributed by atoms with van der Waals surface area (Å²) in [6.07, 6.45) is -2.77. The van der Waals surface area contributed by atoms with Crippen LogP contribution in [0.1, 0.15) is 40.5 Å². The normalized spacial score (nSPS) is 52.8. The van der Waals surface area contributed by atoms with Crippen LogP contribution < -0.4 is 0 Å². The molecule has 4 aliphatic rings. The summed E-state index contributed by atoms with van der Waals surface area (Å²) in [5.41, 5.74) is -1.75. The molecule has 0 aromatic heterocycles. The van der Waals surface area contributed by atoms with E-state index in [0.29, 0.717) is 18.4 Å². The quantitative estimate of drug-likeness (QED) is 0.360. The molecular formula is C22H32O7. The van der Waals surface area contributed by atoms with Gasteiger partial charge in [-0.05, 0) is 32.6 Å². The molecule has 4 fully saturated rings. The highest BCUT2D eigenvalue weighted by Gasteiger charge is 2.80. The van der Waals surface area contributed by atoms with Crippen LogP contribution in [0.15, 0.2) is 12.2 Å². The van der Waals surface area contributed by atoms with Crippen LogP contribution in [-0.2, 0) is 19.1 Å². The van der Waals surface area contributed by atoms with Gasteiger partial charge in [-0.1, -0.05) is 26.0 Å². The predicted molar refractivity (Wildman–Crippen MR) is 103 cm³/mol. The minimum atomic E-state index is -2.34. The van der Waals surface area contributed by atoms with Crippen molar-refractivity contribution < 1.29 is 34.4 Å². The Hall–Kier alpha value is -1.12. The third-order valence-corrected chi connectivity index (χ3v) is 8.60. The summed E-state index contributed by atoms with van der Waals surface area (Å²) in [5, 5.41) is 34.6. The Labute approximate surface area is 171 Å². The molecule has 0 aromatic carbocycles. The van der Waals surface area contributed by atoms with E-state index in [2.05, 4.69) is 6.58 Å². The molecule has 0 aromatic rings. The monoisotopic (exact) mass is 408 g/mol. The summed E-state index contributed by atoms with van der Waals surface area (Å²) in [6.45, 7) is 10.8. The summed E-state index contributed by atoms with van der Waals surface area (Å²) < 4.78 is 11.2. The Bertz CT molecular complexity index is 775. The number of aliphatic hydroxyl groups excluding tert-OH is 2. The van der Waals surface area contributed by atoms with Gasteiger partial charge in [0.2, 0.25) is 5.79 Å². The molecule has 4 unspecified atom stereocenters.